The van der Waals surface area contributed by atoms with E-state index in [1.807, 2.05) is 0 Å². The van der Waals surface area contributed by atoms with Gasteiger partial charge in [0, 0.05) is 21.2 Å². The summed E-state index contributed by atoms with van der Waals surface area (Å²) >= 11 is 7.07. The van der Waals surface area contributed by atoms with Gasteiger partial charge in [-0.25, -0.2) is 0 Å². The van der Waals surface area contributed by atoms with Crippen LogP contribution in [0.25, 0.3) is 0 Å². The first-order valence-electron chi connectivity index (χ1n) is 6.34. The summed E-state index contributed by atoms with van der Waals surface area (Å²) in [4.78, 5) is 0. The number of hydrogen-bond acceptors (Lipinski definition) is 1. The number of nitrogens with one attached hydrogen (secondary N) is 1. The topological polar surface area (TPSA) is 12.0 Å². The van der Waals surface area contributed by atoms with Crippen molar-refractivity contribution in [1.82, 2.24) is 0 Å². The van der Waals surface area contributed by atoms with E-state index in [1.54, 1.807) is 0 Å². The first-order valence-corrected chi connectivity index (χ1v) is 7.92. The van der Waals surface area contributed by atoms with Crippen LogP contribution in [0.2, 0.25) is 0 Å². The highest BCUT2D eigenvalue weighted by atomic mass is 79.9. The maximum absolute atomic E-state index is 3.59. The molecule has 0 heterocycles. The van der Waals surface area contributed by atoms with Crippen LogP contribution in [0.5, 0.6) is 0 Å². The average Bonchev–Trinajstić information content (AvgIpc) is 2.28. The standard InChI is InChI=1S/C14H19Br2N/c1-10-3-2-4-11(7-10)9-17-14-6-5-12(15)8-13(14)16/h5-6,8,10-11,17H,2-4,7,9H2,1H3. The molecule has 1 aliphatic rings. The SMILES string of the molecule is CC1CCCC(CNc2ccc(Br)cc2Br)C1. The Balaban J connectivity index is 1.88. The quantitative estimate of drug-likeness (QED) is 0.755. The lowest BCUT2D eigenvalue weighted by Crippen LogP contribution is -2.21. The van der Waals surface area contributed by atoms with Gasteiger partial charge >= 0.3 is 0 Å². The Morgan fingerprint density at radius 2 is 2.12 bits per heavy atom. The van der Waals surface area contributed by atoms with Crippen molar-refractivity contribution in [3.8, 4) is 0 Å². The van der Waals surface area contributed by atoms with Crippen molar-refractivity contribution in [1.29, 1.82) is 0 Å². The minimum absolute atomic E-state index is 0.842. The molecule has 1 saturated carbocycles. The van der Waals surface area contributed by atoms with Crippen molar-refractivity contribution in [2.75, 3.05) is 11.9 Å². The molecule has 1 aromatic rings. The van der Waals surface area contributed by atoms with Gasteiger partial charge in [-0.3, -0.25) is 0 Å². The maximum atomic E-state index is 3.59. The lowest BCUT2D eigenvalue weighted by atomic mass is 9.82. The predicted octanol–water partition coefficient (Wildman–Crippen LogP) is 5.45. The molecule has 0 bridgehead atoms. The Hall–Kier alpha value is -0.0200. The molecule has 0 saturated heterocycles. The summed E-state index contributed by atoms with van der Waals surface area (Å²) in [6.45, 7) is 3.48. The molecule has 94 valence electrons. The van der Waals surface area contributed by atoms with Gasteiger partial charge in [0.2, 0.25) is 0 Å². The largest absolute Gasteiger partial charge is 0.384 e. The van der Waals surface area contributed by atoms with E-state index in [-0.39, 0.29) is 0 Å². The third-order valence-corrected chi connectivity index (χ3v) is 4.71. The molecule has 2 atom stereocenters. The van der Waals surface area contributed by atoms with Crippen LogP contribution in [0, 0.1) is 11.8 Å². The second-order valence-electron chi connectivity index (χ2n) is 5.14. The Kier molecular flexibility index (Phi) is 4.92. The van der Waals surface area contributed by atoms with Crippen LogP contribution >= 0.6 is 31.9 Å². The first kappa shape index (κ1) is 13.4. The fraction of sp³-hybridized carbons (Fsp3) is 0.571. The summed E-state index contributed by atoms with van der Waals surface area (Å²) < 4.78 is 2.25. The zero-order chi connectivity index (χ0) is 12.3. The van der Waals surface area contributed by atoms with Crippen molar-refractivity contribution in [2.45, 2.75) is 32.6 Å². The lowest BCUT2D eigenvalue weighted by Gasteiger charge is -2.27. The van der Waals surface area contributed by atoms with Crippen molar-refractivity contribution in [3.05, 3.63) is 27.1 Å². The fourth-order valence-electron chi connectivity index (χ4n) is 2.63. The molecule has 3 heteroatoms. The average molecular weight is 361 g/mol. The van der Waals surface area contributed by atoms with E-state index >= 15 is 0 Å². The van der Waals surface area contributed by atoms with Gasteiger partial charge < -0.3 is 5.32 Å². The summed E-state index contributed by atoms with van der Waals surface area (Å²) in [5, 5.41) is 3.56. The molecule has 1 aliphatic carbocycles. The number of anilines is 1. The molecule has 0 aliphatic heterocycles. The minimum atomic E-state index is 0.842. The smallest absolute Gasteiger partial charge is 0.0485 e. The van der Waals surface area contributed by atoms with E-state index in [0.29, 0.717) is 0 Å². The Labute approximate surface area is 121 Å². The predicted molar refractivity (Wildman–Crippen MR) is 81.5 cm³/mol. The molecule has 0 spiro atoms. The zero-order valence-electron chi connectivity index (χ0n) is 10.2. The van der Waals surface area contributed by atoms with Crippen LogP contribution in [0.1, 0.15) is 32.6 Å². The number of hydrogen-bond donors (Lipinski definition) is 1. The molecule has 1 N–H and O–H groups in total. The minimum Gasteiger partial charge on any atom is -0.384 e. The number of rotatable bonds is 3. The van der Waals surface area contributed by atoms with Gasteiger partial charge in [-0.05, 0) is 58.8 Å². The van der Waals surface area contributed by atoms with Crippen molar-refractivity contribution >= 4 is 37.5 Å². The third-order valence-electron chi connectivity index (χ3n) is 3.56. The van der Waals surface area contributed by atoms with Gasteiger partial charge in [0.05, 0.1) is 0 Å². The molecule has 2 unspecified atom stereocenters. The molecule has 17 heavy (non-hydrogen) atoms. The second kappa shape index (κ2) is 6.24. The summed E-state index contributed by atoms with van der Waals surface area (Å²) in [6, 6.07) is 6.29. The molecule has 2 rings (SSSR count). The van der Waals surface area contributed by atoms with Gasteiger partial charge in [0.25, 0.3) is 0 Å². The summed E-state index contributed by atoms with van der Waals surface area (Å²) in [5.74, 6) is 1.75. The normalized spacial score (nSPS) is 24.6. The number of benzene rings is 1. The highest BCUT2D eigenvalue weighted by Gasteiger charge is 2.18. The van der Waals surface area contributed by atoms with Crippen molar-refractivity contribution in [3.63, 3.8) is 0 Å². The zero-order valence-corrected chi connectivity index (χ0v) is 13.4. The van der Waals surface area contributed by atoms with Crippen molar-refractivity contribution < 1.29 is 0 Å². The molecule has 0 amide bonds. The van der Waals surface area contributed by atoms with Gasteiger partial charge in [-0.15, -0.1) is 0 Å². The van der Waals surface area contributed by atoms with Gasteiger partial charge in [-0.2, -0.15) is 0 Å². The van der Waals surface area contributed by atoms with E-state index < -0.39 is 0 Å². The number of halogens is 2. The molecule has 1 aromatic carbocycles. The van der Waals surface area contributed by atoms with Gasteiger partial charge in [-0.1, -0.05) is 35.7 Å². The van der Waals surface area contributed by atoms with Crippen molar-refractivity contribution in [2.24, 2.45) is 11.8 Å². The highest BCUT2D eigenvalue weighted by molar-refractivity contribution is 9.11. The molecular formula is C14H19Br2N. The second-order valence-corrected chi connectivity index (χ2v) is 6.91. The van der Waals surface area contributed by atoms with E-state index in [1.165, 1.54) is 31.4 Å². The maximum Gasteiger partial charge on any atom is 0.0485 e. The van der Waals surface area contributed by atoms with E-state index in [9.17, 15) is 0 Å². The molecule has 0 radical (unpaired) electrons. The van der Waals surface area contributed by atoms with Gasteiger partial charge in [0.15, 0.2) is 0 Å². The summed E-state index contributed by atoms with van der Waals surface area (Å²) in [7, 11) is 0. The van der Waals surface area contributed by atoms with Crippen LogP contribution in [0.3, 0.4) is 0 Å². The molecule has 1 nitrogen and oxygen atoms in total. The Bertz CT molecular complexity index is 378. The van der Waals surface area contributed by atoms with Crippen LogP contribution in [-0.4, -0.2) is 6.54 Å². The van der Waals surface area contributed by atoms with Crippen LogP contribution in [-0.2, 0) is 0 Å². The van der Waals surface area contributed by atoms with E-state index in [4.69, 9.17) is 0 Å². The van der Waals surface area contributed by atoms with Crippen LogP contribution in [0.4, 0.5) is 5.69 Å². The van der Waals surface area contributed by atoms with E-state index in [2.05, 4.69) is 62.3 Å². The lowest BCUT2D eigenvalue weighted by molar-refractivity contribution is 0.293. The molecular weight excluding hydrogens is 342 g/mol. The Morgan fingerprint density at radius 1 is 1.29 bits per heavy atom. The molecule has 0 aromatic heterocycles. The van der Waals surface area contributed by atoms with E-state index in [0.717, 1.165) is 27.3 Å². The molecule has 1 fully saturated rings. The monoisotopic (exact) mass is 359 g/mol. The third kappa shape index (κ3) is 3.99. The van der Waals surface area contributed by atoms with Gasteiger partial charge in [0.1, 0.15) is 0 Å². The van der Waals surface area contributed by atoms with Crippen LogP contribution < -0.4 is 5.32 Å². The summed E-state index contributed by atoms with van der Waals surface area (Å²) in [5.41, 5.74) is 1.20. The first-order chi connectivity index (χ1) is 8.15. The summed E-state index contributed by atoms with van der Waals surface area (Å²) in [6.07, 6.45) is 5.57. The van der Waals surface area contributed by atoms with Crippen LogP contribution in [0.15, 0.2) is 27.1 Å². The fourth-order valence-corrected chi connectivity index (χ4v) is 3.82. The highest BCUT2D eigenvalue weighted by Crippen LogP contribution is 2.30. The Morgan fingerprint density at radius 3 is 2.82 bits per heavy atom.